The lowest BCUT2D eigenvalue weighted by atomic mass is 9.77. The van der Waals surface area contributed by atoms with Gasteiger partial charge in [0.2, 0.25) is 0 Å². The number of fused-ring (bicyclic) bond motifs is 1. The normalized spacial score (nSPS) is 25.9. The first-order chi connectivity index (χ1) is 19.0. The molecule has 40 heavy (non-hydrogen) atoms. The van der Waals surface area contributed by atoms with Gasteiger partial charge in [-0.05, 0) is 82.8 Å². The fourth-order valence-corrected chi connectivity index (χ4v) is 7.63. The number of thioether (sulfide) groups is 1. The Morgan fingerprint density at radius 2 is 1.90 bits per heavy atom. The van der Waals surface area contributed by atoms with Crippen molar-refractivity contribution in [2.45, 2.75) is 78.0 Å². The van der Waals surface area contributed by atoms with Crippen LogP contribution in [0, 0.1) is 24.7 Å². The molecular formula is C31H43N5O3S. The van der Waals surface area contributed by atoms with Crippen molar-refractivity contribution in [1.29, 1.82) is 0 Å². The molecule has 1 aliphatic carbocycles. The van der Waals surface area contributed by atoms with Crippen LogP contribution in [0.3, 0.4) is 0 Å². The van der Waals surface area contributed by atoms with E-state index in [1.807, 2.05) is 38.3 Å². The molecule has 4 heterocycles. The number of nitrogens with zero attached hydrogens (tertiary/aromatic N) is 4. The number of likely N-dealkylation sites (tertiary alicyclic amines) is 1. The number of amides is 2. The second-order valence-corrected chi connectivity index (χ2v) is 13.2. The Morgan fingerprint density at radius 3 is 2.55 bits per heavy atom. The zero-order valence-corrected chi connectivity index (χ0v) is 25.4. The molecule has 1 saturated heterocycles. The van der Waals surface area contributed by atoms with Gasteiger partial charge in [0.1, 0.15) is 5.65 Å². The van der Waals surface area contributed by atoms with E-state index in [1.54, 1.807) is 6.20 Å². The number of allylic oxidation sites excluding steroid dienone is 1. The highest BCUT2D eigenvalue weighted by Crippen LogP contribution is 2.41. The molecule has 216 valence electrons. The molecule has 2 aromatic heterocycles. The van der Waals surface area contributed by atoms with Gasteiger partial charge in [0.15, 0.2) is 0 Å². The van der Waals surface area contributed by atoms with Crippen molar-refractivity contribution in [2.75, 3.05) is 25.9 Å². The van der Waals surface area contributed by atoms with Crippen LogP contribution in [-0.4, -0.2) is 74.6 Å². The van der Waals surface area contributed by atoms with Gasteiger partial charge in [-0.15, -0.1) is 11.8 Å². The molecule has 2 aliphatic heterocycles. The number of rotatable bonds is 8. The van der Waals surface area contributed by atoms with Crippen LogP contribution in [0.1, 0.15) is 75.5 Å². The number of aliphatic imine (C=N–C) groups is 1. The van der Waals surface area contributed by atoms with Crippen molar-refractivity contribution < 1.29 is 14.7 Å². The van der Waals surface area contributed by atoms with Crippen LogP contribution in [0.15, 0.2) is 34.3 Å². The Labute approximate surface area is 241 Å². The number of nitrogens with one attached hydrogen (secondary N) is 1. The molecule has 1 unspecified atom stereocenters. The monoisotopic (exact) mass is 565 g/mol. The summed E-state index contributed by atoms with van der Waals surface area (Å²) in [6.07, 6.45) is 10.1. The Balaban J connectivity index is 1.30. The van der Waals surface area contributed by atoms with Crippen molar-refractivity contribution in [2.24, 2.45) is 22.7 Å². The van der Waals surface area contributed by atoms with Gasteiger partial charge in [-0.25, -0.2) is 9.98 Å². The van der Waals surface area contributed by atoms with E-state index in [9.17, 15) is 14.7 Å². The van der Waals surface area contributed by atoms with Gasteiger partial charge in [0.25, 0.3) is 11.8 Å². The van der Waals surface area contributed by atoms with Crippen LogP contribution in [0.5, 0.6) is 0 Å². The van der Waals surface area contributed by atoms with Crippen molar-refractivity contribution in [1.82, 2.24) is 19.8 Å². The maximum atomic E-state index is 13.6. The molecule has 0 aromatic carbocycles. The Morgan fingerprint density at radius 1 is 1.20 bits per heavy atom. The van der Waals surface area contributed by atoms with Gasteiger partial charge < -0.3 is 15.0 Å². The van der Waals surface area contributed by atoms with Gasteiger partial charge in [0, 0.05) is 59.6 Å². The number of carbonyl (C=O) groups is 2. The minimum Gasteiger partial charge on any atom is -0.387 e. The second kappa shape index (κ2) is 11.4. The first-order valence-corrected chi connectivity index (χ1v) is 15.8. The predicted molar refractivity (Wildman–Crippen MR) is 162 cm³/mol. The molecular weight excluding hydrogens is 522 g/mol. The molecule has 0 radical (unpaired) electrons. The maximum Gasteiger partial charge on any atom is 0.255 e. The Bertz CT molecular complexity index is 1350. The molecule has 3 aliphatic rings. The fourth-order valence-electron chi connectivity index (χ4n) is 6.87. The van der Waals surface area contributed by atoms with Gasteiger partial charge in [-0.2, -0.15) is 0 Å². The zero-order chi connectivity index (χ0) is 28.8. The minimum absolute atomic E-state index is 0.180. The quantitative estimate of drug-likeness (QED) is 0.479. The third-order valence-electron chi connectivity index (χ3n) is 9.59. The lowest BCUT2D eigenvalue weighted by Crippen LogP contribution is -2.67. The van der Waals surface area contributed by atoms with Gasteiger partial charge >= 0.3 is 0 Å². The number of hydrogen-bond donors (Lipinski definition) is 2. The van der Waals surface area contributed by atoms with Crippen molar-refractivity contribution in [3.63, 3.8) is 0 Å². The summed E-state index contributed by atoms with van der Waals surface area (Å²) < 4.78 is 2.25. The van der Waals surface area contributed by atoms with Gasteiger partial charge in [-0.3, -0.25) is 14.5 Å². The number of pyridine rings is 1. The maximum absolute atomic E-state index is 13.6. The standard InChI is InChI=1S/C31H43N5O3S/c1-18(2)31(39)16-35(17-31)23-11-9-22(10-12-23)20(4)36-21(5)27(24-8-7-13-32-28(24)36)30(38)33-15-25-26(40-6)14-19(3)34-29(25)37/h7-8,13-14,18,20,22-23,25,39H,9-12,15-17H2,1-6H3,(H,33,38)/t20-,22?,23?,25?/m1/s1. The van der Waals surface area contributed by atoms with E-state index in [4.69, 9.17) is 4.98 Å². The average Bonchev–Trinajstić information content (AvgIpc) is 3.21. The van der Waals surface area contributed by atoms with Crippen LogP contribution in [0.4, 0.5) is 0 Å². The van der Waals surface area contributed by atoms with E-state index < -0.39 is 11.5 Å². The second-order valence-electron chi connectivity index (χ2n) is 12.3. The summed E-state index contributed by atoms with van der Waals surface area (Å²) in [4.78, 5) is 38.4. The van der Waals surface area contributed by atoms with Crippen molar-refractivity contribution >= 4 is 40.3 Å². The van der Waals surface area contributed by atoms with Crippen molar-refractivity contribution in [3.05, 3.63) is 40.6 Å². The van der Waals surface area contributed by atoms with Crippen molar-refractivity contribution in [3.8, 4) is 0 Å². The molecule has 2 aromatic rings. The number of carbonyl (C=O) groups excluding carboxylic acids is 2. The Hall–Kier alpha value is -2.49. The summed E-state index contributed by atoms with van der Waals surface area (Å²) in [6, 6.07) is 4.59. The highest BCUT2D eigenvalue weighted by molar-refractivity contribution is 8.02. The highest BCUT2D eigenvalue weighted by atomic mass is 32.2. The van der Waals surface area contributed by atoms with E-state index in [1.165, 1.54) is 11.8 Å². The lowest BCUT2D eigenvalue weighted by Gasteiger charge is -2.53. The lowest BCUT2D eigenvalue weighted by molar-refractivity contribution is -0.147. The summed E-state index contributed by atoms with van der Waals surface area (Å²) in [6.45, 7) is 12.1. The van der Waals surface area contributed by atoms with E-state index in [-0.39, 0.29) is 30.3 Å². The SMILES string of the molecule is CSC1=CC(C)=NC(=O)C1CNC(=O)c1c(C)n([C@H](C)C2CCC(N3CC(O)(C(C)C)C3)CC2)c2ncccc12. The highest BCUT2D eigenvalue weighted by Gasteiger charge is 2.46. The van der Waals surface area contributed by atoms with Crippen LogP contribution in [0.2, 0.25) is 0 Å². The molecule has 8 nitrogen and oxygen atoms in total. The molecule has 2 atom stereocenters. The number of aliphatic hydroxyl groups is 1. The zero-order valence-electron chi connectivity index (χ0n) is 24.6. The number of aromatic nitrogens is 2. The van der Waals surface area contributed by atoms with E-state index in [2.05, 4.69) is 40.5 Å². The smallest absolute Gasteiger partial charge is 0.255 e. The van der Waals surface area contributed by atoms with Crippen LogP contribution >= 0.6 is 11.8 Å². The van der Waals surface area contributed by atoms with Crippen LogP contribution in [0.25, 0.3) is 11.0 Å². The molecule has 2 amide bonds. The Kier molecular flexibility index (Phi) is 8.28. The van der Waals surface area contributed by atoms with Gasteiger partial charge in [0.05, 0.1) is 17.1 Å². The molecule has 1 saturated carbocycles. The first-order valence-electron chi connectivity index (χ1n) is 14.6. The van der Waals surface area contributed by atoms with E-state index in [0.29, 0.717) is 23.2 Å². The van der Waals surface area contributed by atoms with E-state index in [0.717, 1.165) is 60.4 Å². The molecule has 2 N–H and O–H groups in total. The average molecular weight is 566 g/mol. The fraction of sp³-hybridized carbons (Fsp3) is 0.613. The molecule has 0 bridgehead atoms. The number of β-amino-alcohol motifs (C(OH)–C–C–N with tert-alkyl or cyclic N) is 1. The topological polar surface area (TPSA) is 99.8 Å². The van der Waals surface area contributed by atoms with Crippen LogP contribution < -0.4 is 5.32 Å². The molecule has 5 rings (SSSR count). The van der Waals surface area contributed by atoms with Gasteiger partial charge in [-0.1, -0.05) is 13.8 Å². The van der Waals surface area contributed by atoms with Crippen LogP contribution in [-0.2, 0) is 4.79 Å². The molecule has 2 fully saturated rings. The van der Waals surface area contributed by atoms with E-state index >= 15 is 0 Å². The number of dihydropyridines is 1. The number of hydrogen-bond acceptors (Lipinski definition) is 6. The third kappa shape index (κ3) is 5.28. The summed E-state index contributed by atoms with van der Waals surface area (Å²) in [5.41, 5.74) is 2.55. The largest absolute Gasteiger partial charge is 0.387 e. The summed E-state index contributed by atoms with van der Waals surface area (Å²) in [5.74, 6) is -0.0636. The summed E-state index contributed by atoms with van der Waals surface area (Å²) in [5, 5.41) is 14.6. The molecule has 9 heteroatoms. The minimum atomic E-state index is -0.530. The third-order valence-corrected chi connectivity index (χ3v) is 10.5. The molecule has 0 spiro atoms. The summed E-state index contributed by atoms with van der Waals surface area (Å²) >= 11 is 1.52. The summed E-state index contributed by atoms with van der Waals surface area (Å²) in [7, 11) is 0. The first kappa shape index (κ1) is 29.0. The predicted octanol–water partition coefficient (Wildman–Crippen LogP) is 4.76.